The summed E-state index contributed by atoms with van der Waals surface area (Å²) in [7, 11) is 0. The standard InChI is InChI=1S/C12H25NO/c1-5-12(6-2)13(9-10-14)8-7-11(3)4/h12,14H,3,5-10H2,1-2,4H3. The van der Waals surface area contributed by atoms with Gasteiger partial charge in [-0.25, -0.2) is 0 Å². The van der Waals surface area contributed by atoms with E-state index in [0.717, 1.165) is 32.4 Å². The fourth-order valence-electron chi connectivity index (χ4n) is 1.74. The van der Waals surface area contributed by atoms with Crippen LogP contribution in [0.5, 0.6) is 0 Å². The first-order chi connectivity index (χ1) is 6.65. The number of nitrogens with zero attached hydrogens (tertiary/aromatic N) is 1. The first-order valence-electron chi connectivity index (χ1n) is 5.64. The molecule has 0 aliphatic heterocycles. The Bertz CT molecular complexity index is 152. The third-order valence-corrected chi connectivity index (χ3v) is 2.67. The molecule has 0 aromatic carbocycles. The maximum Gasteiger partial charge on any atom is 0.0558 e. The topological polar surface area (TPSA) is 23.5 Å². The van der Waals surface area contributed by atoms with Crippen LogP contribution in [0.2, 0.25) is 0 Å². The molecule has 0 aromatic rings. The first kappa shape index (κ1) is 13.7. The molecule has 2 nitrogen and oxygen atoms in total. The molecule has 0 aliphatic carbocycles. The highest BCUT2D eigenvalue weighted by molar-refractivity contribution is 4.89. The van der Waals surface area contributed by atoms with Crippen LogP contribution in [-0.2, 0) is 0 Å². The average Bonchev–Trinajstić information content (AvgIpc) is 2.15. The second-order valence-electron chi connectivity index (χ2n) is 3.94. The SMILES string of the molecule is C=C(C)CCN(CCO)C(CC)CC. The monoisotopic (exact) mass is 199 g/mol. The number of rotatable bonds is 8. The van der Waals surface area contributed by atoms with Crippen molar-refractivity contribution in [1.29, 1.82) is 0 Å². The summed E-state index contributed by atoms with van der Waals surface area (Å²) in [5.74, 6) is 0. The summed E-state index contributed by atoms with van der Waals surface area (Å²) in [6.45, 7) is 12.5. The van der Waals surface area contributed by atoms with Gasteiger partial charge in [0.25, 0.3) is 0 Å². The van der Waals surface area contributed by atoms with Crippen molar-refractivity contribution in [2.45, 2.75) is 46.1 Å². The van der Waals surface area contributed by atoms with Crippen LogP contribution in [0, 0.1) is 0 Å². The van der Waals surface area contributed by atoms with Crippen molar-refractivity contribution < 1.29 is 5.11 Å². The molecule has 1 N–H and O–H groups in total. The normalized spacial score (nSPS) is 11.3. The third-order valence-electron chi connectivity index (χ3n) is 2.67. The quantitative estimate of drug-likeness (QED) is 0.607. The van der Waals surface area contributed by atoms with E-state index >= 15 is 0 Å². The van der Waals surface area contributed by atoms with Gasteiger partial charge in [0, 0.05) is 19.1 Å². The molecule has 0 atom stereocenters. The lowest BCUT2D eigenvalue weighted by atomic mass is 10.1. The predicted molar refractivity (Wildman–Crippen MR) is 62.5 cm³/mol. The number of hydrogen-bond acceptors (Lipinski definition) is 2. The highest BCUT2D eigenvalue weighted by Gasteiger charge is 2.13. The predicted octanol–water partition coefficient (Wildman–Crippen LogP) is 2.44. The van der Waals surface area contributed by atoms with E-state index in [0.29, 0.717) is 6.04 Å². The third kappa shape index (κ3) is 5.40. The highest BCUT2D eigenvalue weighted by atomic mass is 16.3. The van der Waals surface area contributed by atoms with Crippen LogP contribution in [0.25, 0.3) is 0 Å². The van der Waals surface area contributed by atoms with Gasteiger partial charge in [0.05, 0.1) is 6.61 Å². The van der Waals surface area contributed by atoms with E-state index in [1.807, 2.05) is 0 Å². The molecule has 84 valence electrons. The summed E-state index contributed by atoms with van der Waals surface area (Å²) in [6.07, 6.45) is 3.36. The summed E-state index contributed by atoms with van der Waals surface area (Å²) >= 11 is 0. The smallest absolute Gasteiger partial charge is 0.0558 e. The lowest BCUT2D eigenvalue weighted by Crippen LogP contribution is -2.37. The molecule has 0 heterocycles. The van der Waals surface area contributed by atoms with E-state index in [2.05, 4.69) is 32.3 Å². The Labute approximate surface area is 88.6 Å². The molecule has 0 spiro atoms. The number of aliphatic hydroxyl groups excluding tert-OH is 1. The van der Waals surface area contributed by atoms with Crippen LogP contribution in [0.15, 0.2) is 12.2 Å². The molecular formula is C12H25NO. The van der Waals surface area contributed by atoms with Gasteiger partial charge in [-0.2, -0.15) is 0 Å². The molecule has 2 heteroatoms. The summed E-state index contributed by atoms with van der Waals surface area (Å²) in [4.78, 5) is 2.37. The second-order valence-corrected chi connectivity index (χ2v) is 3.94. The van der Waals surface area contributed by atoms with Crippen LogP contribution in [0.4, 0.5) is 0 Å². The van der Waals surface area contributed by atoms with Crippen molar-refractivity contribution in [2.75, 3.05) is 19.7 Å². The molecule has 0 saturated heterocycles. The van der Waals surface area contributed by atoms with E-state index in [9.17, 15) is 0 Å². The fourth-order valence-corrected chi connectivity index (χ4v) is 1.74. The summed E-state index contributed by atoms with van der Waals surface area (Å²) in [5, 5.41) is 8.98. The van der Waals surface area contributed by atoms with Crippen LogP contribution >= 0.6 is 0 Å². The number of hydrogen-bond donors (Lipinski definition) is 1. The Morgan fingerprint density at radius 2 is 1.86 bits per heavy atom. The molecule has 0 unspecified atom stereocenters. The maximum absolute atomic E-state index is 8.98. The zero-order valence-corrected chi connectivity index (χ0v) is 9.92. The number of aliphatic hydroxyl groups is 1. The van der Waals surface area contributed by atoms with Crippen molar-refractivity contribution in [3.63, 3.8) is 0 Å². The van der Waals surface area contributed by atoms with Crippen LogP contribution in [0.3, 0.4) is 0 Å². The zero-order chi connectivity index (χ0) is 11.0. The first-order valence-corrected chi connectivity index (χ1v) is 5.64. The van der Waals surface area contributed by atoms with Crippen molar-refractivity contribution in [1.82, 2.24) is 4.90 Å². The molecule has 0 radical (unpaired) electrons. The van der Waals surface area contributed by atoms with Gasteiger partial charge in [0.15, 0.2) is 0 Å². The Hall–Kier alpha value is -0.340. The molecule has 0 bridgehead atoms. The maximum atomic E-state index is 8.98. The minimum Gasteiger partial charge on any atom is -0.395 e. The fraction of sp³-hybridized carbons (Fsp3) is 0.833. The van der Waals surface area contributed by atoms with Gasteiger partial charge < -0.3 is 5.11 Å². The summed E-state index contributed by atoms with van der Waals surface area (Å²) in [5.41, 5.74) is 1.22. The lowest BCUT2D eigenvalue weighted by Gasteiger charge is -2.29. The molecule has 14 heavy (non-hydrogen) atoms. The van der Waals surface area contributed by atoms with Crippen molar-refractivity contribution in [3.05, 3.63) is 12.2 Å². The van der Waals surface area contributed by atoms with Gasteiger partial charge in [-0.05, 0) is 26.2 Å². The van der Waals surface area contributed by atoms with E-state index in [1.54, 1.807) is 0 Å². The Morgan fingerprint density at radius 1 is 1.29 bits per heavy atom. The van der Waals surface area contributed by atoms with Crippen LogP contribution in [0.1, 0.15) is 40.0 Å². The molecular weight excluding hydrogens is 174 g/mol. The van der Waals surface area contributed by atoms with E-state index in [4.69, 9.17) is 5.11 Å². The van der Waals surface area contributed by atoms with Gasteiger partial charge in [0.1, 0.15) is 0 Å². The van der Waals surface area contributed by atoms with Crippen LogP contribution < -0.4 is 0 Å². The van der Waals surface area contributed by atoms with Gasteiger partial charge in [0.2, 0.25) is 0 Å². The van der Waals surface area contributed by atoms with Crippen LogP contribution in [-0.4, -0.2) is 35.7 Å². The Kier molecular flexibility index (Phi) is 7.81. The summed E-state index contributed by atoms with van der Waals surface area (Å²) < 4.78 is 0. The molecule has 0 fully saturated rings. The lowest BCUT2D eigenvalue weighted by molar-refractivity contribution is 0.145. The van der Waals surface area contributed by atoms with Gasteiger partial charge >= 0.3 is 0 Å². The average molecular weight is 199 g/mol. The molecule has 0 rings (SSSR count). The van der Waals surface area contributed by atoms with Gasteiger partial charge in [-0.15, -0.1) is 6.58 Å². The molecule has 0 aromatic heterocycles. The molecule has 0 amide bonds. The Morgan fingerprint density at radius 3 is 2.21 bits per heavy atom. The van der Waals surface area contributed by atoms with E-state index < -0.39 is 0 Å². The van der Waals surface area contributed by atoms with Crippen molar-refractivity contribution in [3.8, 4) is 0 Å². The minimum atomic E-state index is 0.257. The summed E-state index contributed by atoms with van der Waals surface area (Å²) in [6, 6.07) is 0.612. The van der Waals surface area contributed by atoms with Gasteiger partial charge in [-0.1, -0.05) is 19.4 Å². The molecule has 0 aliphatic rings. The minimum absolute atomic E-state index is 0.257. The second kappa shape index (κ2) is 8.01. The zero-order valence-electron chi connectivity index (χ0n) is 9.92. The highest BCUT2D eigenvalue weighted by Crippen LogP contribution is 2.10. The van der Waals surface area contributed by atoms with E-state index in [-0.39, 0.29) is 6.61 Å². The molecule has 0 saturated carbocycles. The van der Waals surface area contributed by atoms with E-state index in [1.165, 1.54) is 5.57 Å². The van der Waals surface area contributed by atoms with Crippen molar-refractivity contribution >= 4 is 0 Å². The van der Waals surface area contributed by atoms with Crippen molar-refractivity contribution in [2.24, 2.45) is 0 Å². The largest absolute Gasteiger partial charge is 0.395 e. The van der Waals surface area contributed by atoms with Gasteiger partial charge in [-0.3, -0.25) is 4.90 Å². The Balaban J connectivity index is 4.04.